The van der Waals surface area contributed by atoms with E-state index in [1.165, 1.54) is 10.5 Å². The maximum Gasteiger partial charge on any atom is 0.253 e. The molecule has 1 spiro atoms. The van der Waals surface area contributed by atoms with E-state index < -0.39 is 6.10 Å². The first-order valence-electron chi connectivity index (χ1n) is 11.2. The molecule has 0 saturated heterocycles. The van der Waals surface area contributed by atoms with Crippen LogP contribution in [0.1, 0.15) is 47.4 Å². The Balaban J connectivity index is 1.46. The van der Waals surface area contributed by atoms with E-state index in [1.54, 1.807) is 38.6 Å². The predicted octanol–water partition coefficient (Wildman–Crippen LogP) is 2.84. The van der Waals surface area contributed by atoms with Gasteiger partial charge in [-0.05, 0) is 55.2 Å². The number of carbonyl (C=O) groups is 1. The normalized spacial score (nSPS) is 16.5. The molecule has 170 valence electrons. The Bertz CT molecular complexity index is 1190. The van der Waals surface area contributed by atoms with Crippen molar-refractivity contribution in [2.45, 2.75) is 31.3 Å². The number of fused-ring (bicyclic) bond motifs is 2. The zero-order valence-corrected chi connectivity index (χ0v) is 18.8. The molecule has 2 aliphatic rings. The summed E-state index contributed by atoms with van der Waals surface area (Å²) in [5.74, 6) is 0.465. The second-order valence-electron chi connectivity index (χ2n) is 8.97. The highest BCUT2D eigenvalue weighted by atomic mass is 16.3. The fraction of sp³-hybridized carbons (Fsp3) is 0.360. The van der Waals surface area contributed by atoms with Crippen LogP contribution in [0.5, 0.6) is 0 Å². The second-order valence-corrected chi connectivity index (χ2v) is 8.97. The number of hydrogen-bond donors (Lipinski definition) is 2. The van der Waals surface area contributed by atoms with Gasteiger partial charge in [0.2, 0.25) is 5.95 Å². The topological polar surface area (TPSA) is 103 Å². The first-order valence-corrected chi connectivity index (χ1v) is 11.2. The number of aliphatic hydroxyl groups excluding tert-OH is 2. The summed E-state index contributed by atoms with van der Waals surface area (Å²) in [6.07, 6.45) is 6.82. The van der Waals surface area contributed by atoms with Crippen molar-refractivity contribution < 1.29 is 15.0 Å². The standard InChI is InChI=1S/C25H27N5O3/c1-16(32)17-5-8-26-21(11-17)19-13-27-24(28-14-19)30-15-25(6-7-25)20-4-3-18(12-22(20)30)23(33)29(2)9-10-31/h3-5,8,11-14,16,31-32H,6-7,9-10,15H2,1-2H3. The van der Waals surface area contributed by atoms with E-state index >= 15 is 0 Å². The van der Waals surface area contributed by atoms with E-state index in [1.807, 2.05) is 18.2 Å². The van der Waals surface area contributed by atoms with Gasteiger partial charge in [-0.25, -0.2) is 9.97 Å². The summed E-state index contributed by atoms with van der Waals surface area (Å²) in [7, 11) is 1.69. The van der Waals surface area contributed by atoms with Crippen molar-refractivity contribution in [1.82, 2.24) is 19.9 Å². The number of rotatable bonds is 6. The van der Waals surface area contributed by atoms with Crippen molar-refractivity contribution >= 4 is 17.5 Å². The van der Waals surface area contributed by atoms with Crippen LogP contribution in [-0.4, -0.2) is 62.7 Å². The summed E-state index contributed by atoms with van der Waals surface area (Å²) in [6, 6.07) is 9.49. The van der Waals surface area contributed by atoms with Crippen molar-refractivity contribution in [1.29, 1.82) is 0 Å². The zero-order chi connectivity index (χ0) is 23.2. The molecule has 1 amide bonds. The number of likely N-dealkylation sites (N-methyl/N-ethyl adjacent to an activating group) is 1. The van der Waals surface area contributed by atoms with Crippen LogP contribution in [0.15, 0.2) is 48.9 Å². The third-order valence-electron chi connectivity index (χ3n) is 6.65. The molecule has 3 aromatic rings. The van der Waals surface area contributed by atoms with Crippen molar-refractivity contribution in [3.05, 3.63) is 65.6 Å². The number of hydrogen-bond acceptors (Lipinski definition) is 7. The molecule has 1 unspecified atom stereocenters. The van der Waals surface area contributed by atoms with Crippen molar-refractivity contribution in [3.8, 4) is 11.3 Å². The van der Waals surface area contributed by atoms with Gasteiger partial charge < -0.3 is 20.0 Å². The van der Waals surface area contributed by atoms with Gasteiger partial charge in [-0.15, -0.1) is 0 Å². The lowest BCUT2D eigenvalue weighted by Crippen LogP contribution is -2.29. The van der Waals surface area contributed by atoms with Crippen molar-refractivity contribution in [2.75, 3.05) is 31.6 Å². The summed E-state index contributed by atoms with van der Waals surface area (Å²) in [4.78, 5) is 30.0. The van der Waals surface area contributed by atoms with E-state index in [-0.39, 0.29) is 17.9 Å². The molecule has 8 nitrogen and oxygen atoms in total. The number of pyridine rings is 1. The highest BCUT2D eigenvalue weighted by Crippen LogP contribution is 2.57. The van der Waals surface area contributed by atoms with E-state index in [0.29, 0.717) is 23.8 Å². The maximum atomic E-state index is 12.8. The summed E-state index contributed by atoms with van der Waals surface area (Å²) < 4.78 is 0. The lowest BCUT2D eigenvalue weighted by Gasteiger charge is -2.19. The molecular weight excluding hydrogens is 418 g/mol. The molecular formula is C25H27N5O3. The number of benzene rings is 1. The third kappa shape index (κ3) is 3.85. The smallest absolute Gasteiger partial charge is 0.253 e. The number of aromatic nitrogens is 3. The number of nitrogens with zero attached hydrogens (tertiary/aromatic N) is 5. The van der Waals surface area contributed by atoms with Gasteiger partial charge >= 0.3 is 0 Å². The molecule has 3 heterocycles. The first kappa shape index (κ1) is 21.5. The molecule has 8 heteroatoms. The van der Waals surface area contributed by atoms with Gasteiger partial charge in [0.05, 0.1) is 18.4 Å². The Morgan fingerprint density at radius 3 is 2.61 bits per heavy atom. The van der Waals surface area contributed by atoms with Crippen molar-refractivity contribution in [3.63, 3.8) is 0 Å². The Morgan fingerprint density at radius 2 is 1.94 bits per heavy atom. The summed E-state index contributed by atoms with van der Waals surface area (Å²) in [6.45, 7) is 2.73. The lowest BCUT2D eigenvalue weighted by atomic mass is 9.97. The fourth-order valence-corrected chi connectivity index (χ4v) is 4.50. The first-order chi connectivity index (χ1) is 15.9. The predicted molar refractivity (Wildman–Crippen MR) is 124 cm³/mol. The highest BCUT2D eigenvalue weighted by molar-refractivity contribution is 5.96. The minimum Gasteiger partial charge on any atom is -0.395 e. The van der Waals surface area contributed by atoms with Gasteiger partial charge in [0.1, 0.15) is 0 Å². The molecule has 1 aromatic carbocycles. The SMILES string of the molecule is CC(O)c1ccnc(-c2cnc(N3CC4(CC4)c4ccc(C(=O)N(C)CCO)cc43)nc2)c1. The van der Waals surface area contributed by atoms with Gasteiger partial charge in [0.15, 0.2) is 0 Å². The van der Waals surface area contributed by atoms with Crippen LogP contribution in [-0.2, 0) is 5.41 Å². The fourth-order valence-electron chi connectivity index (χ4n) is 4.50. The van der Waals surface area contributed by atoms with Crippen LogP contribution in [0.25, 0.3) is 11.3 Å². The molecule has 5 rings (SSSR count). The van der Waals surface area contributed by atoms with Crippen LogP contribution in [0.2, 0.25) is 0 Å². The van der Waals surface area contributed by atoms with Crippen LogP contribution in [0.4, 0.5) is 11.6 Å². The second kappa shape index (κ2) is 8.20. The zero-order valence-electron chi connectivity index (χ0n) is 18.8. The quantitative estimate of drug-likeness (QED) is 0.601. The Morgan fingerprint density at radius 1 is 1.18 bits per heavy atom. The molecule has 1 atom stereocenters. The minimum absolute atomic E-state index is 0.0718. The molecule has 2 N–H and O–H groups in total. The number of anilines is 2. The third-order valence-corrected chi connectivity index (χ3v) is 6.65. The largest absolute Gasteiger partial charge is 0.395 e. The van der Waals surface area contributed by atoms with Crippen LogP contribution < -0.4 is 4.90 Å². The number of aliphatic hydroxyl groups is 2. The number of carbonyl (C=O) groups excluding carboxylic acids is 1. The van der Waals surface area contributed by atoms with Gasteiger partial charge in [0, 0.05) is 61.0 Å². The van der Waals surface area contributed by atoms with Gasteiger partial charge in [-0.1, -0.05) is 6.07 Å². The Kier molecular flexibility index (Phi) is 5.34. The molecule has 2 aromatic heterocycles. The molecule has 33 heavy (non-hydrogen) atoms. The molecule has 1 fully saturated rings. The molecule has 1 aliphatic heterocycles. The molecule has 1 saturated carbocycles. The van der Waals surface area contributed by atoms with Gasteiger partial charge in [-0.3, -0.25) is 9.78 Å². The van der Waals surface area contributed by atoms with Gasteiger partial charge in [0.25, 0.3) is 5.91 Å². The Labute approximate surface area is 192 Å². The van der Waals surface area contributed by atoms with E-state index in [0.717, 1.165) is 36.2 Å². The number of amides is 1. The van der Waals surface area contributed by atoms with Crippen LogP contribution >= 0.6 is 0 Å². The van der Waals surface area contributed by atoms with E-state index in [4.69, 9.17) is 5.11 Å². The van der Waals surface area contributed by atoms with E-state index in [2.05, 4.69) is 25.9 Å². The average molecular weight is 446 g/mol. The lowest BCUT2D eigenvalue weighted by molar-refractivity contribution is 0.0767. The summed E-state index contributed by atoms with van der Waals surface area (Å²) >= 11 is 0. The average Bonchev–Trinajstić information content (AvgIpc) is 3.55. The van der Waals surface area contributed by atoms with Crippen LogP contribution in [0, 0.1) is 0 Å². The van der Waals surface area contributed by atoms with Crippen LogP contribution in [0.3, 0.4) is 0 Å². The molecule has 0 radical (unpaired) electrons. The van der Waals surface area contributed by atoms with Gasteiger partial charge in [-0.2, -0.15) is 0 Å². The monoisotopic (exact) mass is 445 g/mol. The van der Waals surface area contributed by atoms with E-state index in [9.17, 15) is 9.90 Å². The summed E-state index contributed by atoms with van der Waals surface area (Å²) in [5.41, 5.74) is 5.18. The maximum absolute atomic E-state index is 12.8. The summed E-state index contributed by atoms with van der Waals surface area (Å²) in [5, 5.41) is 19.0. The Hall–Kier alpha value is -3.36. The molecule has 0 bridgehead atoms. The molecule has 1 aliphatic carbocycles. The van der Waals surface area contributed by atoms with Crippen molar-refractivity contribution in [2.24, 2.45) is 0 Å². The highest BCUT2D eigenvalue weighted by Gasteiger charge is 2.52. The minimum atomic E-state index is -0.573.